The molecule has 1 rings (SSSR count). The Morgan fingerprint density at radius 2 is 1.93 bits per heavy atom. The minimum atomic E-state index is -0.648. The van der Waals surface area contributed by atoms with Gasteiger partial charge in [0.2, 0.25) is 0 Å². The van der Waals surface area contributed by atoms with Gasteiger partial charge in [-0.25, -0.2) is 4.39 Å². The molecule has 2 atom stereocenters. The summed E-state index contributed by atoms with van der Waals surface area (Å²) in [5.74, 6) is -0.221. The Balaban J connectivity index is 3.01. The molecule has 0 saturated carbocycles. The van der Waals surface area contributed by atoms with E-state index in [1.54, 1.807) is 19.1 Å². The number of rotatable bonds is 3. The normalized spacial score (nSPS) is 15.4. The van der Waals surface area contributed by atoms with Gasteiger partial charge in [-0.2, -0.15) is 0 Å². The third-order valence-electron chi connectivity index (χ3n) is 2.72. The lowest BCUT2D eigenvalue weighted by Gasteiger charge is -2.23. The standard InChI is InChI=1S/C12H18FNO/c1-7(2)12(15)11(14)9-5-4-6-10(13)8(9)3/h4-7,11-12,15H,14H2,1-3H3/t11-,12+/m0/s1. The number of hydrogen-bond donors (Lipinski definition) is 2. The van der Waals surface area contributed by atoms with Crippen molar-refractivity contribution in [2.75, 3.05) is 0 Å². The average Bonchev–Trinajstić information content (AvgIpc) is 2.20. The predicted octanol–water partition coefficient (Wildman–Crippen LogP) is 2.15. The highest BCUT2D eigenvalue weighted by Gasteiger charge is 2.22. The van der Waals surface area contributed by atoms with Crippen molar-refractivity contribution in [1.82, 2.24) is 0 Å². The van der Waals surface area contributed by atoms with E-state index in [9.17, 15) is 9.50 Å². The summed E-state index contributed by atoms with van der Waals surface area (Å²) in [5, 5.41) is 9.82. The van der Waals surface area contributed by atoms with E-state index >= 15 is 0 Å². The molecule has 3 heteroatoms. The topological polar surface area (TPSA) is 46.2 Å². The van der Waals surface area contributed by atoms with E-state index in [4.69, 9.17) is 5.73 Å². The number of aliphatic hydroxyl groups is 1. The third-order valence-corrected chi connectivity index (χ3v) is 2.72. The summed E-state index contributed by atoms with van der Waals surface area (Å²) < 4.78 is 13.3. The van der Waals surface area contributed by atoms with Crippen LogP contribution in [0, 0.1) is 18.7 Å². The van der Waals surface area contributed by atoms with Crippen molar-refractivity contribution < 1.29 is 9.50 Å². The number of nitrogens with two attached hydrogens (primary N) is 1. The van der Waals surface area contributed by atoms with E-state index in [-0.39, 0.29) is 11.7 Å². The highest BCUT2D eigenvalue weighted by Crippen LogP contribution is 2.23. The fourth-order valence-corrected chi connectivity index (χ4v) is 1.58. The van der Waals surface area contributed by atoms with E-state index in [0.717, 1.165) is 0 Å². The van der Waals surface area contributed by atoms with Gasteiger partial charge in [-0.05, 0) is 30.0 Å². The molecule has 0 heterocycles. The maximum Gasteiger partial charge on any atom is 0.126 e. The summed E-state index contributed by atoms with van der Waals surface area (Å²) in [6, 6.07) is 4.24. The third kappa shape index (κ3) is 2.55. The average molecular weight is 211 g/mol. The van der Waals surface area contributed by atoms with Crippen LogP contribution < -0.4 is 5.73 Å². The fraction of sp³-hybridized carbons (Fsp3) is 0.500. The Bertz CT molecular complexity index is 338. The summed E-state index contributed by atoms with van der Waals surface area (Å²) in [7, 11) is 0. The van der Waals surface area contributed by atoms with Gasteiger partial charge in [0.05, 0.1) is 12.1 Å². The summed E-state index contributed by atoms with van der Waals surface area (Å²) in [5.41, 5.74) is 7.09. The van der Waals surface area contributed by atoms with Crippen LogP contribution in [-0.2, 0) is 0 Å². The van der Waals surface area contributed by atoms with Gasteiger partial charge in [0.15, 0.2) is 0 Å². The quantitative estimate of drug-likeness (QED) is 0.804. The first-order valence-electron chi connectivity index (χ1n) is 5.13. The highest BCUT2D eigenvalue weighted by atomic mass is 19.1. The van der Waals surface area contributed by atoms with Gasteiger partial charge in [-0.15, -0.1) is 0 Å². The zero-order valence-electron chi connectivity index (χ0n) is 9.37. The number of benzene rings is 1. The predicted molar refractivity (Wildman–Crippen MR) is 58.9 cm³/mol. The number of hydrogen-bond acceptors (Lipinski definition) is 2. The lowest BCUT2D eigenvalue weighted by atomic mass is 9.92. The zero-order chi connectivity index (χ0) is 11.6. The molecule has 0 aliphatic rings. The van der Waals surface area contributed by atoms with Crippen molar-refractivity contribution in [3.05, 3.63) is 35.1 Å². The number of halogens is 1. The van der Waals surface area contributed by atoms with Crippen molar-refractivity contribution in [2.24, 2.45) is 11.7 Å². The van der Waals surface area contributed by atoms with E-state index in [1.165, 1.54) is 6.07 Å². The second-order valence-corrected chi connectivity index (χ2v) is 4.21. The monoisotopic (exact) mass is 211 g/mol. The van der Waals surface area contributed by atoms with Gasteiger partial charge < -0.3 is 10.8 Å². The van der Waals surface area contributed by atoms with Crippen molar-refractivity contribution in [2.45, 2.75) is 32.9 Å². The molecule has 1 aromatic rings. The molecule has 2 nitrogen and oxygen atoms in total. The molecule has 0 aliphatic carbocycles. The van der Waals surface area contributed by atoms with Crippen LogP contribution in [0.25, 0.3) is 0 Å². The fourth-order valence-electron chi connectivity index (χ4n) is 1.58. The van der Waals surface area contributed by atoms with Crippen molar-refractivity contribution in [3.8, 4) is 0 Å². The second kappa shape index (κ2) is 4.73. The molecule has 84 valence electrons. The second-order valence-electron chi connectivity index (χ2n) is 4.21. The van der Waals surface area contributed by atoms with Gasteiger partial charge in [-0.1, -0.05) is 26.0 Å². The Morgan fingerprint density at radius 1 is 1.33 bits per heavy atom. The Kier molecular flexibility index (Phi) is 3.83. The Labute approximate surface area is 89.9 Å². The molecule has 0 fully saturated rings. The van der Waals surface area contributed by atoms with Gasteiger partial charge in [0.25, 0.3) is 0 Å². The Hall–Kier alpha value is -0.930. The molecular weight excluding hydrogens is 193 g/mol. The van der Waals surface area contributed by atoms with Crippen molar-refractivity contribution in [1.29, 1.82) is 0 Å². The van der Waals surface area contributed by atoms with E-state index in [2.05, 4.69) is 0 Å². The van der Waals surface area contributed by atoms with Crippen LogP contribution in [0.5, 0.6) is 0 Å². The van der Waals surface area contributed by atoms with Crippen LogP contribution in [0.4, 0.5) is 4.39 Å². The molecule has 0 aromatic heterocycles. The minimum absolute atomic E-state index is 0.0580. The van der Waals surface area contributed by atoms with E-state index in [0.29, 0.717) is 11.1 Å². The molecule has 0 aliphatic heterocycles. The van der Waals surface area contributed by atoms with Gasteiger partial charge in [0, 0.05) is 0 Å². The van der Waals surface area contributed by atoms with Crippen molar-refractivity contribution >= 4 is 0 Å². The molecule has 15 heavy (non-hydrogen) atoms. The largest absolute Gasteiger partial charge is 0.391 e. The van der Waals surface area contributed by atoms with Crippen molar-refractivity contribution in [3.63, 3.8) is 0 Å². The zero-order valence-corrected chi connectivity index (χ0v) is 9.37. The highest BCUT2D eigenvalue weighted by molar-refractivity contribution is 5.30. The van der Waals surface area contributed by atoms with E-state index in [1.807, 2.05) is 13.8 Å². The maximum absolute atomic E-state index is 13.3. The molecule has 0 amide bonds. The van der Waals surface area contributed by atoms with Crippen LogP contribution in [0.2, 0.25) is 0 Å². The molecule has 1 aromatic carbocycles. The van der Waals surface area contributed by atoms with Gasteiger partial charge >= 0.3 is 0 Å². The summed E-state index contributed by atoms with van der Waals surface area (Å²) >= 11 is 0. The smallest absolute Gasteiger partial charge is 0.126 e. The SMILES string of the molecule is Cc1c(F)cccc1[C@H](N)[C@H](O)C(C)C. The molecule has 0 radical (unpaired) electrons. The summed E-state index contributed by atoms with van der Waals surface area (Å²) in [6.07, 6.45) is -0.648. The van der Waals surface area contributed by atoms with Crippen LogP contribution >= 0.6 is 0 Å². The maximum atomic E-state index is 13.3. The molecule has 0 saturated heterocycles. The number of aliphatic hydroxyl groups excluding tert-OH is 1. The van der Waals surface area contributed by atoms with E-state index < -0.39 is 12.1 Å². The molecule has 3 N–H and O–H groups in total. The lowest BCUT2D eigenvalue weighted by Crippen LogP contribution is -2.31. The lowest BCUT2D eigenvalue weighted by molar-refractivity contribution is 0.0976. The van der Waals surface area contributed by atoms with Crippen LogP contribution in [-0.4, -0.2) is 11.2 Å². The van der Waals surface area contributed by atoms with Gasteiger partial charge in [0.1, 0.15) is 5.82 Å². The molecular formula is C12H18FNO. The van der Waals surface area contributed by atoms with Crippen LogP contribution in [0.1, 0.15) is 31.0 Å². The summed E-state index contributed by atoms with van der Waals surface area (Å²) in [6.45, 7) is 5.45. The first kappa shape index (κ1) is 12.1. The first-order valence-corrected chi connectivity index (χ1v) is 5.13. The Morgan fingerprint density at radius 3 is 2.47 bits per heavy atom. The van der Waals surface area contributed by atoms with Gasteiger partial charge in [-0.3, -0.25) is 0 Å². The van der Waals surface area contributed by atoms with Crippen LogP contribution in [0.15, 0.2) is 18.2 Å². The summed E-state index contributed by atoms with van der Waals surface area (Å²) in [4.78, 5) is 0. The molecule has 0 unspecified atom stereocenters. The molecule has 0 spiro atoms. The minimum Gasteiger partial charge on any atom is -0.391 e. The van der Waals surface area contributed by atoms with Crippen LogP contribution in [0.3, 0.4) is 0 Å². The molecule has 0 bridgehead atoms. The first-order chi connectivity index (χ1) is 6.95.